The van der Waals surface area contributed by atoms with E-state index in [1.54, 1.807) is 45.0 Å². The van der Waals surface area contributed by atoms with E-state index in [9.17, 15) is 9.59 Å². The summed E-state index contributed by atoms with van der Waals surface area (Å²) < 4.78 is 10.5. The highest BCUT2D eigenvalue weighted by atomic mass is 35.5. The van der Waals surface area contributed by atoms with E-state index in [4.69, 9.17) is 21.1 Å². The van der Waals surface area contributed by atoms with Crippen LogP contribution in [0, 0.1) is 0 Å². The smallest absolute Gasteiger partial charge is 0.407 e. The Bertz CT molecular complexity index is 526. The zero-order valence-electron chi connectivity index (χ0n) is 14.4. The first-order chi connectivity index (χ1) is 11.3. The van der Waals surface area contributed by atoms with E-state index in [0.29, 0.717) is 36.9 Å². The lowest BCUT2D eigenvalue weighted by Crippen LogP contribution is -2.34. The number of amides is 2. The van der Waals surface area contributed by atoms with Gasteiger partial charge in [-0.3, -0.25) is 4.79 Å². The van der Waals surface area contributed by atoms with E-state index in [1.165, 1.54) is 0 Å². The summed E-state index contributed by atoms with van der Waals surface area (Å²) in [4.78, 5) is 23.1. The standard InChI is InChI=1S/C17H25ClN2O4/c1-17(2,3)24-16(22)20-11-4-10-19-15(21)9-12-23-14-7-5-13(18)6-8-14/h5-8H,4,9-12H2,1-3H3,(H,19,21)(H,20,22). The highest BCUT2D eigenvalue weighted by molar-refractivity contribution is 6.30. The number of benzene rings is 1. The maximum atomic E-state index is 11.6. The van der Waals surface area contributed by atoms with Crippen LogP contribution < -0.4 is 15.4 Å². The Morgan fingerprint density at radius 3 is 2.33 bits per heavy atom. The van der Waals surface area contributed by atoms with Crippen molar-refractivity contribution in [2.75, 3.05) is 19.7 Å². The van der Waals surface area contributed by atoms with Crippen molar-refractivity contribution in [3.63, 3.8) is 0 Å². The molecule has 0 fully saturated rings. The van der Waals surface area contributed by atoms with Crippen LogP contribution in [0.3, 0.4) is 0 Å². The van der Waals surface area contributed by atoms with Gasteiger partial charge in [0.1, 0.15) is 11.4 Å². The Kier molecular flexibility index (Phi) is 8.40. The molecule has 24 heavy (non-hydrogen) atoms. The van der Waals surface area contributed by atoms with Crippen LogP contribution in [0.4, 0.5) is 4.79 Å². The minimum atomic E-state index is -0.512. The predicted octanol–water partition coefficient (Wildman–Crippen LogP) is 3.14. The Morgan fingerprint density at radius 2 is 1.71 bits per heavy atom. The normalized spacial score (nSPS) is 10.8. The zero-order valence-corrected chi connectivity index (χ0v) is 15.1. The summed E-state index contributed by atoms with van der Waals surface area (Å²) >= 11 is 5.78. The number of hydrogen-bond donors (Lipinski definition) is 2. The fraction of sp³-hybridized carbons (Fsp3) is 0.529. The van der Waals surface area contributed by atoms with Crippen LogP contribution in [0.15, 0.2) is 24.3 Å². The molecule has 1 aromatic carbocycles. The molecule has 1 rings (SSSR count). The van der Waals surface area contributed by atoms with E-state index < -0.39 is 11.7 Å². The summed E-state index contributed by atoms with van der Waals surface area (Å²) in [5, 5.41) is 6.04. The fourth-order valence-corrected chi connectivity index (χ4v) is 1.83. The monoisotopic (exact) mass is 356 g/mol. The van der Waals surface area contributed by atoms with Gasteiger partial charge in [-0.15, -0.1) is 0 Å². The molecule has 0 atom stereocenters. The van der Waals surface area contributed by atoms with E-state index in [-0.39, 0.29) is 12.3 Å². The summed E-state index contributed by atoms with van der Waals surface area (Å²) in [6.45, 7) is 6.63. The van der Waals surface area contributed by atoms with Gasteiger partial charge in [0.2, 0.25) is 5.91 Å². The van der Waals surface area contributed by atoms with Gasteiger partial charge < -0.3 is 20.1 Å². The van der Waals surface area contributed by atoms with Crippen LogP contribution in [0.5, 0.6) is 5.75 Å². The number of alkyl carbamates (subject to hydrolysis) is 1. The summed E-state index contributed by atoms with van der Waals surface area (Å²) in [6, 6.07) is 6.97. The van der Waals surface area contributed by atoms with Crippen molar-refractivity contribution in [1.82, 2.24) is 10.6 Å². The van der Waals surface area contributed by atoms with Gasteiger partial charge in [0.05, 0.1) is 13.0 Å². The van der Waals surface area contributed by atoms with Crippen molar-refractivity contribution in [3.05, 3.63) is 29.3 Å². The molecule has 0 aliphatic rings. The van der Waals surface area contributed by atoms with Gasteiger partial charge in [-0.05, 0) is 51.5 Å². The summed E-state index contributed by atoms with van der Waals surface area (Å²) in [6.07, 6.45) is 0.440. The van der Waals surface area contributed by atoms with Gasteiger partial charge in [-0.1, -0.05) is 11.6 Å². The molecule has 2 N–H and O–H groups in total. The van der Waals surface area contributed by atoms with Crippen molar-refractivity contribution < 1.29 is 19.1 Å². The Morgan fingerprint density at radius 1 is 1.08 bits per heavy atom. The lowest BCUT2D eigenvalue weighted by Gasteiger charge is -2.19. The maximum Gasteiger partial charge on any atom is 0.407 e. The summed E-state index contributed by atoms with van der Waals surface area (Å²) in [5.41, 5.74) is -0.512. The van der Waals surface area contributed by atoms with Gasteiger partial charge in [-0.25, -0.2) is 4.79 Å². The molecule has 0 radical (unpaired) electrons. The third kappa shape index (κ3) is 9.94. The van der Waals surface area contributed by atoms with E-state index >= 15 is 0 Å². The molecule has 0 saturated carbocycles. The minimum Gasteiger partial charge on any atom is -0.493 e. The number of ether oxygens (including phenoxy) is 2. The van der Waals surface area contributed by atoms with Crippen LogP contribution in [0.1, 0.15) is 33.6 Å². The average Bonchev–Trinajstić information content (AvgIpc) is 2.47. The lowest BCUT2D eigenvalue weighted by molar-refractivity contribution is -0.121. The van der Waals surface area contributed by atoms with Crippen molar-refractivity contribution in [2.24, 2.45) is 0 Å². The second-order valence-corrected chi connectivity index (χ2v) is 6.62. The molecule has 0 aliphatic heterocycles. The first-order valence-electron chi connectivity index (χ1n) is 7.88. The molecule has 134 valence electrons. The molecular weight excluding hydrogens is 332 g/mol. The second-order valence-electron chi connectivity index (χ2n) is 6.18. The molecule has 0 aliphatic carbocycles. The van der Waals surface area contributed by atoms with Crippen molar-refractivity contribution in [3.8, 4) is 5.75 Å². The van der Waals surface area contributed by atoms with E-state index in [1.807, 2.05) is 0 Å². The average molecular weight is 357 g/mol. The molecule has 0 bridgehead atoms. The Balaban J connectivity index is 2.04. The van der Waals surface area contributed by atoms with Crippen LogP contribution in [-0.2, 0) is 9.53 Å². The summed E-state index contributed by atoms with van der Waals surface area (Å²) in [7, 11) is 0. The molecule has 0 spiro atoms. The highest BCUT2D eigenvalue weighted by Gasteiger charge is 2.15. The van der Waals surface area contributed by atoms with Gasteiger partial charge in [-0.2, -0.15) is 0 Å². The van der Waals surface area contributed by atoms with Gasteiger partial charge in [0, 0.05) is 18.1 Å². The van der Waals surface area contributed by atoms with E-state index in [0.717, 1.165) is 0 Å². The molecule has 0 heterocycles. The molecule has 0 aromatic heterocycles. The molecule has 0 unspecified atom stereocenters. The SMILES string of the molecule is CC(C)(C)OC(=O)NCCCNC(=O)CCOc1ccc(Cl)cc1. The molecule has 0 saturated heterocycles. The molecule has 2 amide bonds. The topological polar surface area (TPSA) is 76.7 Å². The van der Waals surface area contributed by atoms with Crippen LogP contribution >= 0.6 is 11.6 Å². The molecule has 6 nitrogen and oxygen atoms in total. The molecule has 7 heteroatoms. The van der Waals surface area contributed by atoms with Crippen molar-refractivity contribution in [2.45, 2.75) is 39.2 Å². The number of carbonyl (C=O) groups is 2. The largest absolute Gasteiger partial charge is 0.493 e. The molecular formula is C17H25ClN2O4. The van der Waals surface area contributed by atoms with E-state index in [2.05, 4.69) is 10.6 Å². The number of halogens is 1. The van der Waals surface area contributed by atoms with Gasteiger partial charge in [0.25, 0.3) is 0 Å². The number of rotatable bonds is 8. The maximum absolute atomic E-state index is 11.6. The second kappa shape index (κ2) is 10.0. The minimum absolute atomic E-state index is 0.0961. The number of nitrogens with one attached hydrogen (secondary N) is 2. The first kappa shape index (κ1) is 20.1. The summed E-state index contributed by atoms with van der Waals surface area (Å²) in [5.74, 6) is 0.579. The quantitative estimate of drug-likeness (QED) is 0.701. The van der Waals surface area contributed by atoms with Crippen LogP contribution in [0.2, 0.25) is 5.02 Å². The third-order valence-corrected chi connectivity index (χ3v) is 3.01. The van der Waals surface area contributed by atoms with Crippen LogP contribution in [0.25, 0.3) is 0 Å². The van der Waals surface area contributed by atoms with Crippen molar-refractivity contribution in [1.29, 1.82) is 0 Å². The van der Waals surface area contributed by atoms with Crippen molar-refractivity contribution >= 4 is 23.6 Å². The molecule has 1 aromatic rings. The number of hydrogen-bond acceptors (Lipinski definition) is 4. The third-order valence-electron chi connectivity index (χ3n) is 2.76. The van der Waals surface area contributed by atoms with Crippen LogP contribution in [-0.4, -0.2) is 37.3 Å². The van der Waals surface area contributed by atoms with Gasteiger partial charge >= 0.3 is 6.09 Å². The Hall–Kier alpha value is -1.95. The number of carbonyl (C=O) groups excluding carboxylic acids is 2. The predicted molar refractivity (Wildman–Crippen MR) is 93.4 cm³/mol. The Labute approximate surface area is 147 Å². The first-order valence-corrected chi connectivity index (χ1v) is 8.26. The fourth-order valence-electron chi connectivity index (χ4n) is 1.70. The lowest BCUT2D eigenvalue weighted by atomic mass is 10.2. The highest BCUT2D eigenvalue weighted by Crippen LogP contribution is 2.15. The van der Waals surface area contributed by atoms with Gasteiger partial charge in [0.15, 0.2) is 0 Å². The zero-order chi connectivity index (χ0) is 18.0.